The van der Waals surface area contributed by atoms with Crippen molar-refractivity contribution in [3.8, 4) is 0 Å². The Balaban J connectivity index is 0.00000225. The molecule has 8 heteroatoms. The maximum atomic E-state index is 13.7. The van der Waals surface area contributed by atoms with Crippen molar-refractivity contribution in [2.24, 2.45) is 0 Å². The standard InChI is InChI=1S/C20H21FN4O2.ClH/c1-12(2)18-16-9-14(10-23-19(16)27-24-18)20(26)25-7-6-22-11-17(25)13-4-3-5-15(21)8-13;/h3-5,8-10,12,17,22H,6-7,11H2,1-2H3;1H. The number of hydrogen-bond acceptors (Lipinski definition) is 5. The first kappa shape index (κ1) is 20.2. The van der Waals surface area contributed by atoms with Gasteiger partial charge in [0, 0.05) is 25.8 Å². The summed E-state index contributed by atoms with van der Waals surface area (Å²) in [6.07, 6.45) is 1.52. The molecular formula is C20H22ClFN4O2. The smallest absolute Gasteiger partial charge is 0.257 e. The lowest BCUT2D eigenvalue weighted by atomic mass is 10.0. The van der Waals surface area contributed by atoms with Crippen LogP contribution in [0.25, 0.3) is 11.1 Å². The molecule has 0 radical (unpaired) electrons. The molecule has 3 heterocycles. The number of halogens is 2. The Morgan fingerprint density at radius 2 is 2.18 bits per heavy atom. The maximum Gasteiger partial charge on any atom is 0.257 e. The van der Waals surface area contributed by atoms with Crippen molar-refractivity contribution in [1.29, 1.82) is 0 Å². The highest BCUT2D eigenvalue weighted by molar-refractivity contribution is 5.97. The van der Waals surface area contributed by atoms with E-state index >= 15 is 0 Å². The highest BCUT2D eigenvalue weighted by Crippen LogP contribution is 2.27. The molecule has 1 aliphatic heterocycles. The van der Waals surface area contributed by atoms with Crippen LogP contribution >= 0.6 is 12.4 Å². The fraction of sp³-hybridized carbons (Fsp3) is 0.350. The molecule has 3 aromatic rings. The number of hydrogen-bond donors (Lipinski definition) is 1. The Bertz CT molecular complexity index is 991. The number of nitrogens with one attached hydrogen (secondary N) is 1. The van der Waals surface area contributed by atoms with E-state index in [1.54, 1.807) is 17.0 Å². The first-order valence-electron chi connectivity index (χ1n) is 9.07. The van der Waals surface area contributed by atoms with Gasteiger partial charge in [0.2, 0.25) is 0 Å². The third-order valence-corrected chi connectivity index (χ3v) is 4.89. The lowest BCUT2D eigenvalue weighted by molar-refractivity contribution is 0.0633. The molecule has 4 rings (SSSR count). The van der Waals surface area contributed by atoms with E-state index in [9.17, 15) is 9.18 Å². The summed E-state index contributed by atoms with van der Waals surface area (Å²) in [5.41, 5.74) is 2.47. The fourth-order valence-electron chi connectivity index (χ4n) is 3.51. The average Bonchev–Trinajstić information content (AvgIpc) is 3.11. The van der Waals surface area contributed by atoms with E-state index in [0.717, 1.165) is 16.6 Å². The minimum atomic E-state index is -0.306. The SMILES string of the molecule is CC(C)c1noc2ncc(C(=O)N3CCNCC3c3cccc(F)c3)cc12.Cl. The van der Waals surface area contributed by atoms with Crippen LogP contribution in [0, 0.1) is 5.82 Å². The molecule has 6 nitrogen and oxygen atoms in total. The van der Waals surface area contributed by atoms with Gasteiger partial charge in [-0.25, -0.2) is 9.37 Å². The number of pyridine rings is 1. The molecule has 1 atom stereocenters. The highest BCUT2D eigenvalue weighted by atomic mass is 35.5. The van der Waals surface area contributed by atoms with Crippen molar-refractivity contribution in [2.75, 3.05) is 19.6 Å². The summed E-state index contributed by atoms with van der Waals surface area (Å²) in [6.45, 7) is 5.84. The van der Waals surface area contributed by atoms with Gasteiger partial charge in [-0.1, -0.05) is 31.1 Å². The molecule has 1 unspecified atom stereocenters. The number of benzene rings is 1. The van der Waals surface area contributed by atoms with E-state index in [0.29, 0.717) is 30.9 Å². The molecule has 148 valence electrons. The monoisotopic (exact) mass is 404 g/mol. The third-order valence-electron chi connectivity index (χ3n) is 4.89. The minimum Gasteiger partial charge on any atom is -0.336 e. The van der Waals surface area contributed by atoms with E-state index in [4.69, 9.17) is 4.52 Å². The van der Waals surface area contributed by atoms with Gasteiger partial charge in [0.25, 0.3) is 11.6 Å². The second-order valence-corrected chi connectivity index (χ2v) is 7.07. The number of carbonyl (C=O) groups is 1. The number of nitrogens with zero attached hydrogens (tertiary/aromatic N) is 3. The topological polar surface area (TPSA) is 71.3 Å². The lowest BCUT2D eigenvalue weighted by Crippen LogP contribution is -2.48. The normalized spacial score (nSPS) is 17.0. The van der Waals surface area contributed by atoms with Crippen molar-refractivity contribution in [1.82, 2.24) is 20.4 Å². The van der Waals surface area contributed by atoms with Crippen molar-refractivity contribution >= 4 is 29.4 Å². The molecule has 1 aromatic carbocycles. The van der Waals surface area contributed by atoms with E-state index in [1.165, 1.54) is 18.3 Å². The van der Waals surface area contributed by atoms with Crippen LogP contribution in [0.3, 0.4) is 0 Å². The van der Waals surface area contributed by atoms with Crippen molar-refractivity contribution in [2.45, 2.75) is 25.8 Å². The minimum absolute atomic E-state index is 0. The Kier molecular flexibility index (Phi) is 5.96. The number of carbonyl (C=O) groups excluding carboxylic acids is 1. The molecule has 1 fully saturated rings. The second kappa shape index (κ2) is 8.24. The number of piperazine rings is 1. The Morgan fingerprint density at radius 3 is 2.93 bits per heavy atom. The molecule has 28 heavy (non-hydrogen) atoms. The lowest BCUT2D eigenvalue weighted by Gasteiger charge is -2.36. The van der Waals surface area contributed by atoms with E-state index in [1.807, 2.05) is 19.9 Å². The van der Waals surface area contributed by atoms with Gasteiger partial charge in [-0.15, -0.1) is 12.4 Å². The Labute approximate surface area is 168 Å². The maximum absolute atomic E-state index is 13.7. The fourth-order valence-corrected chi connectivity index (χ4v) is 3.51. The molecule has 0 saturated carbocycles. The van der Waals surface area contributed by atoms with Crippen LogP contribution in [0.2, 0.25) is 0 Å². The average molecular weight is 405 g/mol. The van der Waals surface area contributed by atoms with Crippen molar-refractivity contribution in [3.63, 3.8) is 0 Å². The Hall–Kier alpha value is -2.51. The molecule has 1 N–H and O–H groups in total. The predicted molar refractivity (Wildman–Crippen MR) is 106 cm³/mol. The molecule has 0 bridgehead atoms. The first-order valence-corrected chi connectivity index (χ1v) is 9.07. The zero-order valence-electron chi connectivity index (χ0n) is 15.7. The second-order valence-electron chi connectivity index (χ2n) is 7.07. The number of fused-ring (bicyclic) bond motifs is 1. The van der Waals surface area contributed by atoms with Gasteiger partial charge in [-0.2, -0.15) is 0 Å². The van der Waals surface area contributed by atoms with Gasteiger partial charge in [0.1, 0.15) is 5.82 Å². The van der Waals surface area contributed by atoms with Gasteiger partial charge in [-0.05, 0) is 29.7 Å². The van der Waals surface area contributed by atoms with Gasteiger partial charge in [0.15, 0.2) is 0 Å². The summed E-state index contributed by atoms with van der Waals surface area (Å²) >= 11 is 0. The van der Waals surface area contributed by atoms with E-state index < -0.39 is 0 Å². The quantitative estimate of drug-likeness (QED) is 0.720. The molecule has 2 aromatic heterocycles. The number of rotatable bonds is 3. The summed E-state index contributed by atoms with van der Waals surface area (Å²) in [4.78, 5) is 19.3. The Morgan fingerprint density at radius 1 is 1.36 bits per heavy atom. The largest absolute Gasteiger partial charge is 0.336 e. The van der Waals surface area contributed by atoms with Crippen LogP contribution < -0.4 is 5.32 Å². The summed E-state index contributed by atoms with van der Waals surface area (Å²) in [6, 6.07) is 7.96. The summed E-state index contributed by atoms with van der Waals surface area (Å²) < 4.78 is 18.9. The van der Waals surface area contributed by atoms with Gasteiger partial charge >= 0.3 is 0 Å². The molecular weight excluding hydrogens is 383 g/mol. The van der Waals surface area contributed by atoms with Crippen LogP contribution in [-0.2, 0) is 0 Å². The van der Waals surface area contributed by atoms with Crippen molar-refractivity contribution in [3.05, 3.63) is 59.2 Å². The van der Waals surface area contributed by atoms with Crippen LogP contribution in [-0.4, -0.2) is 40.6 Å². The first-order chi connectivity index (χ1) is 13.0. The molecule has 1 saturated heterocycles. The summed E-state index contributed by atoms with van der Waals surface area (Å²) in [7, 11) is 0. The van der Waals surface area contributed by atoms with E-state index in [-0.39, 0.29) is 36.1 Å². The van der Waals surface area contributed by atoms with Gasteiger partial charge in [-0.3, -0.25) is 4.79 Å². The van der Waals surface area contributed by atoms with Crippen molar-refractivity contribution < 1.29 is 13.7 Å². The zero-order valence-corrected chi connectivity index (χ0v) is 16.5. The summed E-state index contributed by atoms with van der Waals surface area (Å²) in [5.74, 6) is -0.270. The summed E-state index contributed by atoms with van der Waals surface area (Å²) in [5, 5.41) is 8.11. The zero-order chi connectivity index (χ0) is 19.0. The van der Waals surface area contributed by atoms with Crippen LogP contribution in [0.1, 0.15) is 47.4 Å². The van der Waals surface area contributed by atoms with Crippen LogP contribution in [0.15, 0.2) is 41.1 Å². The van der Waals surface area contributed by atoms with Crippen LogP contribution in [0.5, 0.6) is 0 Å². The predicted octanol–water partition coefficient (Wildman–Crippen LogP) is 3.69. The molecule has 0 spiro atoms. The van der Waals surface area contributed by atoms with E-state index in [2.05, 4.69) is 15.5 Å². The number of amides is 1. The third kappa shape index (κ3) is 3.72. The highest BCUT2D eigenvalue weighted by Gasteiger charge is 2.29. The molecule has 1 amide bonds. The van der Waals surface area contributed by atoms with Gasteiger partial charge < -0.3 is 14.7 Å². The number of aromatic nitrogens is 2. The van der Waals surface area contributed by atoms with Gasteiger partial charge in [0.05, 0.1) is 22.7 Å². The van der Waals surface area contributed by atoms with Crippen LogP contribution in [0.4, 0.5) is 4.39 Å². The molecule has 1 aliphatic rings. The molecule has 0 aliphatic carbocycles.